The Labute approximate surface area is 142 Å². The van der Waals surface area contributed by atoms with Crippen LogP contribution in [-0.4, -0.2) is 66.5 Å². The second-order valence-corrected chi connectivity index (χ2v) is 6.91. The zero-order valence-electron chi connectivity index (χ0n) is 14.3. The first-order valence-corrected chi connectivity index (χ1v) is 8.38. The lowest BCUT2D eigenvalue weighted by Crippen LogP contribution is -2.46. The van der Waals surface area contributed by atoms with Crippen molar-refractivity contribution in [3.8, 4) is 0 Å². The highest BCUT2D eigenvalue weighted by atomic mass is 16.2. The van der Waals surface area contributed by atoms with Crippen LogP contribution in [0.4, 0.5) is 4.79 Å². The van der Waals surface area contributed by atoms with Crippen LogP contribution in [0.2, 0.25) is 0 Å². The molecule has 1 aromatic heterocycles. The minimum atomic E-state index is -0.218. The van der Waals surface area contributed by atoms with Gasteiger partial charge in [0.2, 0.25) is 5.91 Å². The number of hydrogen-bond donors (Lipinski definition) is 2. The summed E-state index contributed by atoms with van der Waals surface area (Å²) in [6, 6.07) is 5.95. The van der Waals surface area contributed by atoms with E-state index in [0.717, 1.165) is 31.0 Å². The number of aryl methyl sites for hydroxylation is 1. The lowest BCUT2D eigenvalue weighted by molar-refractivity contribution is -0.119. The van der Waals surface area contributed by atoms with Gasteiger partial charge in [-0.3, -0.25) is 14.7 Å². The van der Waals surface area contributed by atoms with Crippen LogP contribution in [0.1, 0.15) is 17.8 Å². The molecule has 2 aliphatic heterocycles. The molecular formula is C17H25N5O2. The van der Waals surface area contributed by atoms with Gasteiger partial charge in [-0.15, -0.1) is 0 Å². The smallest absolute Gasteiger partial charge is 0.317 e. The summed E-state index contributed by atoms with van der Waals surface area (Å²) in [4.78, 5) is 32.7. The van der Waals surface area contributed by atoms with Crippen molar-refractivity contribution in [2.75, 3.05) is 39.8 Å². The third-order valence-corrected chi connectivity index (χ3v) is 4.80. The highest BCUT2D eigenvalue weighted by molar-refractivity contribution is 5.80. The minimum absolute atomic E-state index is 0.0717. The van der Waals surface area contributed by atoms with Gasteiger partial charge in [0.15, 0.2) is 0 Å². The molecule has 1 atom stereocenters. The molecule has 2 aliphatic rings. The van der Waals surface area contributed by atoms with Crippen molar-refractivity contribution >= 4 is 11.9 Å². The Hall–Kier alpha value is -2.15. The molecule has 0 bridgehead atoms. The molecule has 3 amide bonds. The number of nitrogens with zero attached hydrogens (tertiary/aromatic N) is 3. The van der Waals surface area contributed by atoms with Crippen molar-refractivity contribution in [1.82, 2.24) is 25.4 Å². The van der Waals surface area contributed by atoms with Crippen molar-refractivity contribution in [3.63, 3.8) is 0 Å². The predicted molar refractivity (Wildman–Crippen MR) is 90.3 cm³/mol. The zero-order valence-corrected chi connectivity index (χ0v) is 14.3. The largest absolute Gasteiger partial charge is 0.355 e. The molecule has 3 rings (SSSR count). The maximum atomic E-state index is 12.1. The average molecular weight is 331 g/mol. The molecule has 7 nitrogen and oxygen atoms in total. The molecule has 0 aromatic carbocycles. The summed E-state index contributed by atoms with van der Waals surface area (Å²) in [6.45, 7) is 6.16. The Morgan fingerprint density at radius 2 is 2.21 bits per heavy atom. The molecular weight excluding hydrogens is 306 g/mol. The van der Waals surface area contributed by atoms with Gasteiger partial charge in [0, 0.05) is 63.8 Å². The fourth-order valence-corrected chi connectivity index (χ4v) is 3.71. The Morgan fingerprint density at radius 3 is 2.88 bits per heavy atom. The van der Waals surface area contributed by atoms with Crippen molar-refractivity contribution < 1.29 is 9.59 Å². The van der Waals surface area contributed by atoms with Crippen LogP contribution in [-0.2, 0) is 11.3 Å². The molecule has 2 saturated heterocycles. The first kappa shape index (κ1) is 16.7. The SMILES string of the molecule is CNC(=O)N1CCN(Cc2cccc(C)n2)C[C@@]2(CNC(=O)C2)C1. The summed E-state index contributed by atoms with van der Waals surface area (Å²) < 4.78 is 0. The molecule has 24 heavy (non-hydrogen) atoms. The highest BCUT2D eigenvalue weighted by Gasteiger charge is 2.43. The second kappa shape index (κ2) is 6.76. The van der Waals surface area contributed by atoms with Gasteiger partial charge in [0.25, 0.3) is 0 Å². The van der Waals surface area contributed by atoms with E-state index in [2.05, 4.69) is 20.5 Å². The first-order chi connectivity index (χ1) is 11.5. The number of nitrogens with one attached hydrogen (secondary N) is 2. The van der Waals surface area contributed by atoms with Crippen LogP contribution in [0.25, 0.3) is 0 Å². The van der Waals surface area contributed by atoms with E-state index in [4.69, 9.17) is 0 Å². The van der Waals surface area contributed by atoms with Gasteiger partial charge >= 0.3 is 6.03 Å². The maximum absolute atomic E-state index is 12.1. The van der Waals surface area contributed by atoms with Crippen LogP contribution < -0.4 is 10.6 Å². The van der Waals surface area contributed by atoms with Crippen molar-refractivity contribution in [2.45, 2.75) is 19.9 Å². The fraction of sp³-hybridized carbons (Fsp3) is 0.588. The Morgan fingerprint density at radius 1 is 1.38 bits per heavy atom. The van der Waals surface area contributed by atoms with Gasteiger partial charge in [-0.25, -0.2) is 4.79 Å². The van der Waals surface area contributed by atoms with E-state index in [0.29, 0.717) is 26.1 Å². The van der Waals surface area contributed by atoms with E-state index in [-0.39, 0.29) is 17.4 Å². The van der Waals surface area contributed by atoms with Crippen LogP contribution in [0.3, 0.4) is 0 Å². The summed E-state index contributed by atoms with van der Waals surface area (Å²) >= 11 is 0. The standard InChI is InChI=1S/C17H25N5O2/c1-13-4-3-5-14(20-13)9-21-6-7-22(16(24)18-2)12-17(11-21)8-15(23)19-10-17/h3-5H,6-12H2,1-2H3,(H,18,24)(H,19,23)/t17-/m1/s1. The second-order valence-electron chi connectivity index (χ2n) is 6.91. The number of aromatic nitrogens is 1. The number of carbonyl (C=O) groups excluding carboxylic acids is 2. The average Bonchev–Trinajstić information content (AvgIpc) is 2.80. The molecule has 3 heterocycles. The maximum Gasteiger partial charge on any atom is 0.317 e. The number of amides is 3. The van der Waals surface area contributed by atoms with Crippen molar-refractivity contribution in [2.24, 2.45) is 5.41 Å². The van der Waals surface area contributed by atoms with Crippen LogP contribution in [0.5, 0.6) is 0 Å². The highest BCUT2D eigenvalue weighted by Crippen LogP contribution is 2.31. The summed E-state index contributed by atoms with van der Waals surface area (Å²) in [5.41, 5.74) is 1.81. The zero-order chi connectivity index (χ0) is 17.2. The third-order valence-electron chi connectivity index (χ3n) is 4.80. The van der Waals surface area contributed by atoms with Crippen LogP contribution in [0.15, 0.2) is 18.2 Å². The Bertz CT molecular complexity index is 635. The Balaban J connectivity index is 1.78. The number of urea groups is 1. The quantitative estimate of drug-likeness (QED) is 0.820. The first-order valence-electron chi connectivity index (χ1n) is 8.38. The van der Waals surface area contributed by atoms with Crippen LogP contribution >= 0.6 is 0 Å². The number of hydrogen-bond acceptors (Lipinski definition) is 4. The van der Waals surface area contributed by atoms with Crippen molar-refractivity contribution in [1.29, 1.82) is 0 Å². The van der Waals surface area contributed by atoms with Gasteiger partial charge in [-0.2, -0.15) is 0 Å². The summed E-state index contributed by atoms with van der Waals surface area (Å²) in [5, 5.41) is 5.64. The monoisotopic (exact) mass is 331 g/mol. The van der Waals surface area contributed by atoms with Gasteiger partial charge in [0.1, 0.15) is 0 Å². The summed E-state index contributed by atoms with van der Waals surface area (Å²) in [5.74, 6) is 0.0717. The van der Waals surface area contributed by atoms with Gasteiger partial charge in [-0.1, -0.05) is 6.07 Å². The number of pyridine rings is 1. The lowest BCUT2D eigenvalue weighted by Gasteiger charge is -2.32. The lowest BCUT2D eigenvalue weighted by atomic mass is 9.86. The molecule has 1 spiro atoms. The normalized spacial score (nSPS) is 24.8. The summed E-state index contributed by atoms with van der Waals surface area (Å²) in [6.07, 6.45) is 0.470. The molecule has 0 unspecified atom stereocenters. The topological polar surface area (TPSA) is 77.6 Å². The van der Waals surface area contributed by atoms with E-state index in [1.807, 2.05) is 30.0 Å². The van der Waals surface area contributed by atoms with Crippen LogP contribution in [0, 0.1) is 12.3 Å². The molecule has 0 radical (unpaired) electrons. The molecule has 7 heteroatoms. The Kier molecular flexibility index (Phi) is 4.71. The van der Waals surface area contributed by atoms with Gasteiger partial charge < -0.3 is 15.5 Å². The third kappa shape index (κ3) is 3.67. The molecule has 2 N–H and O–H groups in total. The van der Waals surface area contributed by atoms with E-state index in [1.54, 1.807) is 7.05 Å². The van der Waals surface area contributed by atoms with Crippen molar-refractivity contribution in [3.05, 3.63) is 29.6 Å². The number of rotatable bonds is 2. The molecule has 0 aliphatic carbocycles. The summed E-state index contributed by atoms with van der Waals surface area (Å²) in [7, 11) is 1.65. The molecule has 2 fully saturated rings. The minimum Gasteiger partial charge on any atom is -0.355 e. The van der Waals surface area contributed by atoms with E-state index in [9.17, 15) is 9.59 Å². The van der Waals surface area contributed by atoms with E-state index >= 15 is 0 Å². The van der Waals surface area contributed by atoms with Gasteiger partial charge in [0.05, 0.1) is 5.69 Å². The van der Waals surface area contributed by atoms with E-state index in [1.165, 1.54) is 0 Å². The molecule has 1 aromatic rings. The fourth-order valence-electron chi connectivity index (χ4n) is 3.71. The predicted octanol–water partition coefficient (Wildman–Crippen LogP) is 0.353. The molecule has 0 saturated carbocycles. The molecule has 130 valence electrons. The van der Waals surface area contributed by atoms with E-state index < -0.39 is 0 Å². The number of carbonyl (C=O) groups is 2. The van der Waals surface area contributed by atoms with Gasteiger partial charge in [-0.05, 0) is 19.1 Å².